The van der Waals surface area contributed by atoms with Crippen LogP contribution in [-0.2, 0) is 0 Å². The van der Waals surface area contributed by atoms with Crippen molar-refractivity contribution in [2.45, 2.75) is 26.0 Å². The van der Waals surface area contributed by atoms with E-state index >= 15 is 0 Å². The van der Waals surface area contributed by atoms with Gasteiger partial charge in [-0.2, -0.15) is 0 Å². The number of likely N-dealkylation sites (N-methyl/N-ethyl adjacent to an activating group) is 1. The predicted octanol–water partition coefficient (Wildman–Crippen LogP) is 1.56. The molecule has 0 aliphatic heterocycles. The van der Waals surface area contributed by atoms with Crippen molar-refractivity contribution in [1.82, 2.24) is 0 Å². The Labute approximate surface area is 91.0 Å². The molecule has 1 aromatic rings. The molecule has 3 nitrogen and oxygen atoms in total. The molecule has 1 aromatic carbocycles. The zero-order valence-corrected chi connectivity index (χ0v) is 9.51. The highest BCUT2D eigenvalue weighted by molar-refractivity contribution is 5.47. The van der Waals surface area contributed by atoms with Crippen LogP contribution in [0.3, 0.4) is 0 Å². The van der Waals surface area contributed by atoms with Crippen molar-refractivity contribution in [3.63, 3.8) is 0 Å². The Kier molecular flexibility index (Phi) is 4.12. The molecule has 0 spiro atoms. The van der Waals surface area contributed by atoms with Crippen LogP contribution in [0.5, 0.6) is 0 Å². The number of anilines is 1. The maximum absolute atomic E-state index is 9.35. The minimum atomic E-state index is -0.431. The van der Waals surface area contributed by atoms with Crippen molar-refractivity contribution >= 4 is 5.69 Å². The summed E-state index contributed by atoms with van der Waals surface area (Å²) in [5.74, 6) is 0. The van der Waals surface area contributed by atoms with Crippen LogP contribution in [0.15, 0.2) is 24.3 Å². The summed E-state index contributed by atoms with van der Waals surface area (Å²) in [5.41, 5.74) is 1.95. The Hall–Kier alpha value is -1.06. The maximum atomic E-state index is 9.35. The molecule has 15 heavy (non-hydrogen) atoms. The third kappa shape index (κ3) is 2.94. The molecular formula is C12H19NO2. The summed E-state index contributed by atoms with van der Waals surface area (Å²) in [6.45, 7) is 3.84. The van der Waals surface area contributed by atoms with Crippen LogP contribution in [0.1, 0.15) is 25.5 Å². The molecule has 1 unspecified atom stereocenters. The number of aliphatic hydroxyl groups excluding tert-OH is 2. The number of hydrogen-bond acceptors (Lipinski definition) is 3. The van der Waals surface area contributed by atoms with Gasteiger partial charge < -0.3 is 15.1 Å². The van der Waals surface area contributed by atoms with Crippen molar-refractivity contribution in [1.29, 1.82) is 0 Å². The molecule has 0 aromatic heterocycles. The first-order chi connectivity index (χ1) is 7.06. The van der Waals surface area contributed by atoms with Crippen molar-refractivity contribution in [2.75, 3.05) is 18.6 Å². The molecule has 0 aliphatic rings. The molecule has 2 N–H and O–H groups in total. The Morgan fingerprint density at radius 1 is 1.20 bits per heavy atom. The van der Waals surface area contributed by atoms with Crippen LogP contribution in [0, 0.1) is 0 Å². The van der Waals surface area contributed by atoms with Gasteiger partial charge in [0.05, 0.1) is 12.7 Å². The Morgan fingerprint density at radius 2 is 1.73 bits per heavy atom. The van der Waals surface area contributed by atoms with E-state index in [0.29, 0.717) is 0 Å². The van der Waals surface area contributed by atoms with Crippen LogP contribution in [0.4, 0.5) is 5.69 Å². The van der Waals surface area contributed by atoms with Crippen molar-refractivity contribution in [3.8, 4) is 0 Å². The van der Waals surface area contributed by atoms with Gasteiger partial charge in [0, 0.05) is 18.8 Å². The molecule has 0 amide bonds. The van der Waals surface area contributed by atoms with Crippen molar-refractivity contribution in [2.24, 2.45) is 0 Å². The summed E-state index contributed by atoms with van der Waals surface area (Å²) in [5, 5.41) is 18.4. The lowest BCUT2D eigenvalue weighted by Gasteiger charge is -2.25. The second kappa shape index (κ2) is 5.14. The second-order valence-electron chi connectivity index (χ2n) is 3.91. The van der Waals surface area contributed by atoms with Crippen LogP contribution < -0.4 is 4.90 Å². The van der Waals surface area contributed by atoms with E-state index in [2.05, 4.69) is 0 Å². The van der Waals surface area contributed by atoms with E-state index in [1.54, 1.807) is 6.92 Å². The Balaban J connectivity index is 2.79. The summed E-state index contributed by atoms with van der Waals surface area (Å²) >= 11 is 0. The molecule has 3 heteroatoms. The molecule has 84 valence electrons. The van der Waals surface area contributed by atoms with Gasteiger partial charge in [0.25, 0.3) is 0 Å². The number of benzene rings is 1. The van der Waals surface area contributed by atoms with Gasteiger partial charge in [-0.1, -0.05) is 12.1 Å². The molecule has 0 bridgehead atoms. The van der Waals surface area contributed by atoms with Crippen LogP contribution in [-0.4, -0.2) is 29.9 Å². The van der Waals surface area contributed by atoms with Crippen molar-refractivity contribution < 1.29 is 10.2 Å². The fourth-order valence-electron chi connectivity index (χ4n) is 1.36. The van der Waals surface area contributed by atoms with E-state index in [1.807, 2.05) is 43.1 Å². The average Bonchev–Trinajstić information content (AvgIpc) is 2.27. The zero-order chi connectivity index (χ0) is 11.4. The molecule has 0 aliphatic carbocycles. The lowest BCUT2D eigenvalue weighted by molar-refractivity contribution is 0.199. The molecule has 0 fully saturated rings. The Morgan fingerprint density at radius 3 is 2.13 bits per heavy atom. The van der Waals surface area contributed by atoms with E-state index in [4.69, 9.17) is 5.11 Å². The van der Waals surface area contributed by atoms with Crippen LogP contribution >= 0.6 is 0 Å². The first-order valence-corrected chi connectivity index (χ1v) is 5.18. The van der Waals surface area contributed by atoms with E-state index < -0.39 is 6.10 Å². The summed E-state index contributed by atoms with van der Waals surface area (Å²) in [7, 11) is 1.94. The Bertz CT molecular complexity index is 295. The quantitative estimate of drug-likeness (QED) is 0.791. The van der Waals surface area contributed by atoms with Gasteiger partial charge in [-0.25, -0.2) is 0 Å². The predicted molar refractivity (Wildman–Crippen MR) is 62.0 cm³/mol. The summed E-state index contributed by atoms with van der Waals surface area (Å²) < 4.78 is 0. The first kappa shape index (κ1) is 12.0. The second-order valence-corrected chi connectivity index (χ2v) is 3.91. The largest absolute Gasteiger partial charge is 0.394 e. The average molecular weight is 209 g/mol. The van der Waals surface area contributed by atoms with Crippen LogP contribution in [0.2, 0.25) is 0 Å². The minimum absolute atomic E-state index is 0.0994. The SMILES string of the molecule is CC(CO)N(C)c1ccc([C@@H](C)O)cc1. The van der Waals surface area contributed by atoms with Gasteiger partial charge in [-0.15, -0.1) is 0 Å². The topological polar surface area (TPSA) is 43.7 Å². The highest BCUT2D eigenvalue weighted by Gasteiger charge is 2.08. The number of rotatable bonds is 4. The normalized spacial score (nSPS) is 14.7. The van der Waals surface area contributed by atoms with Gasteiger partial charge in [-0.05, 0) is 31.5 Å². The lowest BCUT2D eigenvalue weighted by atomic mass is 10.1. The highest BCUT2D eigenvalue weighted by Crippen LogP contribution is 2.19. The molecule has 2 atom stereocenters. The summed E-state index contributed by atoms with van der Waals surface area (Å²) in [6.07, 6.45) is -0.431. The smallest absolute Gasteiger partial charge is 0.0761 e. The fraction of sp³-hybridized carbons (Fsp3) is 0.500. The number of aliphatic hydroxyl groups is 2. The van der Waals surface area contributed by atoms with Gasteiger partial charge in [0.1, 0.15) is 0 Å². The van der Waals surface area contributed by atoms with Crippen LogP contribution in [0.25, 0.3) is 0 Å². The third-order valence-corrected chi connectivity index (χ3v) is 2.71. The van der Waals surface area contributed by atoms with Crippen molar-refractivity contribution in [3.05, 3.63) is 29.8 Å². The zero-order valence-electron chi connectivity index (χ0n) is 9.51. The van der Waals surface area contributed by atoms with Gasteiger partial charge in [-0.3, -0.25) is 0 Å². The van der Waals surface area contributed by atoms with Gasteiger partial charge >= 0.3 is 0 Å². The molecule has 0 heterocycles. The van der Waals surface area contributed by atoms with E-state index in [9.17, 15) is 5.11 Å². The summed E-state index contributed by atoms with van der Waals surface area (Å²) in [4.78, 5) is 2.01. The summed E-state index contributed by atoms with van der Waals surface area (Å²) in [6, 6.07) is 7.81. The number of nitrogens with zero attached hydrogens (tertiary/aromatic N) is 1. The molecule has 0 saturated heterocycles. The van der Waals surface area contributed by atoms with E-state index in [1.165, 1.54) is 0 Å². The van der Waals surface area contributed by atoms with Gasteiger partial charge in [0.2, 0.25) is 0 Å². The maximum Gasteiger partial charge on any atom is 0.0761 e. The standard InChI is InChI=1S/C12H19NO2/c1-9(8-14)13(3)12-6-4-11(5-7-12)10(2)15/h4-7,9-10,14-15H,8H2,1-3H3/t9?,10-/m1/s1. The number of hydrogen-bond donors (Lipinski definition) is 2. The molecule has 1 rings (SSSR count). The van der Waals surface area contributed by atoms with E-state index in [-0.39, 0.29) is 12.6 Å². The van der Waals surface area contributed by atoms with Gasteiger partial charge in [0.15, 0.2) is 0 Å². The van der Waals surface area contributed by atoms with E-state index in [0.717, 1.165) is 11.3 Å². The fourth-order valence-corrected chi connectivity index (χ4v) is 1.36. The highest BCUT2D eigenvalue weighted by atomic mass is 16.3. The minimum Gasteiger partial charge on any atom is -0.394 e. The monoisotopic (exact) mass is 209 g/mol. The molecule has 0 radical (unpaired) electrons. The lowest BCUT2D eigenvalue weighted by Crippen LogP contribution is -2.31. The molecular weight excluding hydrogens is 190 g/mol. The first-order valence-electron chi connectivity index (χ1n) is 5.18. The third-order valence-electron chi connectivity index (χ3n) is 2.71. The molecule has 0 saturated carbocycles.